The van der Waals surface area contributed by atoms with E-state index in [2.05, 4.69) is 43.6 Å². The highest BCUT2D eigenvalue weighted by molar-refractivity contribution is 5.66. The number of hydrogen-bond acceptors (Lipinski definition) is 2. The van der Waals surface area contributed by atoms with Gasteiger partial charge in [-0.3, -0.25) is 0 Å². The lowest BCUT2D eigenvalue weighted by atomic mass is 9.84. The molecule has 0 aliphatic heterocycles. The van der Waals surface area contributed by atoms with E-state index in [1.54, 1.807) is 6.08 Å². The molecule has 0 spiro atoms. The first-order valence-electron chi connectivity index (χ1n) is 15.8. The van der Waals surface area contributed by atoms with Gasteiger partial charge in [-0.1, -0.05) is 159 Å². The van der Waals surface area contributed by atoms with Crippen LogP contribution in [0.2, 0.25) is 0 Å². The molecule has 0 atom stereocenters. The maximum atomic E-state index is 11.0. The third kappa shape index (κ3) is 15.4. The quantitative estimate of drug-likeness (QED) is 0.0773. The van der Waals surface area contributed by atoms with Crippen molar-refractivity contribution in [2.45, 2.75) is 168 Å². The van der Waals surface area contributed by atoms with Gasteiger partial charge in [-0.2, -0.15) is 4.99 Å². The van der Waals surface area contributed by atoms with Crippen LogP contribution in [0.15, 0.2) is 29.8 Å². The minimum absolute atomic E-state index is 0.546. The molecule has 0 bridgehead atoms. The fourth-order valence-corrected chi connectivity index (χ4v) is 5.56. The van der Waals surface area contributed by atoms with E-state index in [0.717, 1.165) is 17.6 Å². The van der Waals surface area contributed by atoms with Gasteiger partial charge in [-0.05, 0) is 50.3 Å². The van der Waals surface area contributed by atoms with Crippen LogP contribution in [0, 0.1) is 0 Å². The lowest BCUT2D eigenvalue weighted by Crippen LogP contribution is -2.17. The van der Waals surface area contributed by atoms with Crippen molar-refractivity contribution in [3.05, 3.63) is 41.5 Å². The number of nitrogens with zero attached hydrogens (tertiary/aromatic N) is 1. The van der Waals surface area contributed by atoms with E-state index in [1.165, 1.54) is 140 Å². The summed E-state index contributed by atoms with van der Waals surface area (Å²) in [5.41, 5.74) is 4.19. The van der Waals surface area contributed by atoms with Crippen LogP contribution in [0.25, 0.3) is 5.57 Å². The van der Waals surface area contributed by atoms with E-state index in [-0.39, 0.29) is 0 Å². The van der Waals surface area contributed by atoms with Gasteiger partial charge in [0.05, 0.1) is 5.54 Å². The summed E-state index contributed by atoms with van der Waals surface area (Å²) in [7, 11) is 0. The molecule has 1 aromatic carbocycles. The van der Waals surface area contributed by atoms with Crippen LogP contribution in [0.4, 0.5) is 0 Å². The number of carbonyl (C=O) groups excluding carboxylic acids is 1. The molecule has 0 N–H and O–H groups in total. The van der Waals surface area contributed by atoms with E-state index in [9.17, 15) is 4.79 Å². The van der Waals surface area contributed by atoms with Gasteiger partial charge in [0.25, 0.3) is 0 Å². The third-order valence-electron chi connectivity index (χ3n) is 7.90. The Balaban J connectivity index is 2.07. The van der Waals surface area contributed by atoms with E-state index in [1.807, 2.05) is 13.8 Å². The van der Waals surface area contributed by atoms with Crippen LogP contribution in [0.3, 0.4) is 0 Å². The number of rotatable bonds is 24. The number of isocyanates is 1. The van der Waals surface area contributed by atoms with Crippen LogP contribution >= 0.6 is 0 Å². The normalized spacial score (nSPS) is 11.5. The van der Waals surface area contributed by atoms with Crippen LogP contribution in [-0.2, 0) is 16.8 Å². The van der Waals surface area contributed by atoms with Crippen molar-refractivity contribution in [2.24, 2.45) is 4.99 Å². The Hall–Kier alpha value is -1.66. The summed E-state index contributed by atoms with van der Waals surface area (Å²) >= 11 is 0. The van der Waals surface area contributed by atoms with Gasteiger partial charge in [0.1, 0.15) is 0 Å². The zero-order chi connectivity index (χ0) is 27.2. The number of aliphatic imine (C=N–C) groups is 1. The minimum atomic E-state index is -0.546. The molecule has 0 aliphatic carbocycles. The Morgan fingerprint density at radius 2 is 1.14 bits per heavy atom. The highest BCUT2D eigenvalue weighted by atomic mass is 16.1. The van der Waals surface area contributed by atoms with Crippen LogP contribution in [0.1, 0.15) is 173 Å². The molecule has 1 aromatic rings. The largest absolute Gasteiger partial charge is 0.235 e. The van der Waals surface area contributed by atoms with Crippen molar-refractivity contribution in [2.75, 3.05) is 0 Å². The lowest BCUT2D eigenvalue weighted by Gasteiger charge is -2.24. The van der Waals surface area contributed by atoms with E-state index < -0.39 is 5.54 Å². The predicted octanol–water partition coefficient (Wildman–Crippen LogP) is 11.7. The molecule has 0 unspecified atom stereocenters. The molecule has 2 nitrogen and oxygen atoms in total. The smallest absolute Gasteiger partial charge is 0.211 e. The third-order valence-corrected chi connectivity index (χ3v) is 7.90. The number of unbranched alkanes of at least 4 members (excludes halogenated alkanes) is 19. The van der Waals surface area contributed by atoms with Gasteiger partial charge < -0.3 is 0 Å². The van der Waals surface area contributed by atoms with Crippen LogP contribution in [0.5, 0.6) is 0 Å². The first kappa shape index (κ1) is 33.4. The van der Waals surface area contributed by atoms with E-state index in [0.29, 0.717) is 0 Å². The Morgan fingerprint density at radius 3 is 1.51 bits per heavy atom. The Labute approximate surface area is 230 Å². The number of allylic oxidation sites excluding steroid dienone is 1. The molecule has 37 heavy (non-hydrogen) atoms. The van der Waals surface area contributed by atoms with Crippen molar-refractivity contribution >= 4 is 11.7 Å². The zero-order valence-corrected chi connectivity index (χ0v) is 25.1. The molecule has 0 heterocycles. The van der Waals surface area contributed by atoms with Crippen LogP contribution in [-0.4, -0.2) is 6.08 Å². The van der Waals surface area contributed by atoms with Gasteiger partial charge in [0, 0.05) is 0 Å². The fraction of sp³-hybridized carbons (Fsp3) is 0.743. The maximum absolute atomic E-state index is 11.0. The second kappa shape index (κ2) is 21.3. The molecule has 0 radical (unpaired) electrons. The van der Waals surface area contributed by atoms with Gasteiger partial charge in [0.2, 0.25) is 6.08 Å². The summed E-state index contributed by atoms with van der Waals surface area (Å²) in [4.78, 5) is 15.1. The van der Waals surface area contributed by atoms with Gasteiger partial charge in [-0.25, -0.2) is 4.79 Å². The minimum Gasteiger partial charge on any atom is -0.211 e. The van der Waals surface area contributed by atoms with Gasteiger partial charge >= 0.3 is 0 Å². The summed E-state index contributed by atoms with van der Waals surface area (Å²) in [5.74, 6) is 0. The second-order valence-corrected chi connectivity index (χ2v) is 11.8. The molecule has 0 aliphatic rings. The maximum Gasteiger partial charge on any atom is 0.235 e. The molecular formula is C35H59NO. The summed E-state index contributed by atoms with van der Waals surface area (Å²) in [5, 5.41) is 0. The van der Waals surface area contributed by atoms with Crippen molar-refractivity contribution in [1.29, 1.82) is 0 Å². The molecule has 0 aromatic heterocycles. The molecule has 1 rings (SSSR count). The predicted molar refractivity (Wildman–Crippen MR) is 164 cm³/mol. The molecule has 2 heteroatoms. The van der Waals surface area contributed by atoms with Crippen molar-refractivity contribution in [3.8, 4) is 0 Å². The second-order valence-electron chi connectivity index (χ2n) is 11.8. The van der Waals surface area contributed by atoms with Crippen molar-refractivity contribution < 1.29 is 4.79 Å². The summed E-state index contributed by atoms with van der Waals surface area (Å²) in [6, 6.07) is 6.32. The summed E-state index contributed by atoms with van der Waals surface area (Å²) in [6.45, 7) is 12.5. The Bertz CT molecular complexity index is 771. The average Bonchev–Trinajstić information content (AvgIpc) is 2.87. The van der Waals surface area contributed by atoms with Gasteiger partial charge in [0.15, 0.2) is 0 Å². The molecule has 0 fully saturated rings. The highest BCUT2D eigenvalue weighted by Gasteiger charge is 2.24. The first-order chi connectivity index (χ1) is 17.9. The fourth-order valence-electron chi connectivity index (χ4n) is 5.56. The first-order valence-corrected chi connectivity index (χ1v) is 15.8. The average molecular weight is 510 g/mol. The number of hydrogen-bond donors (Lipinski definition) is 0. The van der Waals surface area contributed by atoms with Crippen molar-refractivity contribution in [3.63, 3.8) is 0 Å². The van der Waals surface area contributed by atoms with Crippen LogP contribution < -0.4 is 0 Å². The van der Waals surface area contributed by atoms with Crippen molar-refractivity contribution in [1.82, 2.24) is 0 Å². The molecule has 0 saturated carbocycles. The van der Waals surface area contributed by atoms with Gasteiger partial charge in [-0.15, -0.1) is 0 Å². The SMILES string of the molecule is C=C(C)c1cccc(C(C)(C)N=C=O)c1CCCCCCCCCCCCCCCCCCCCCC. The summed E-state index contributed by atoms with van der Waals surface area (Å²) < 4.78 is 0. The molecule has 0 amide bonds. The Kier molecular flexibility index (Phi) is 19.2. The monoisotopic (exact) mass is 509 g/mol. The van der Waals surface area contributed by atoms with E-state index in [4.69, 9.17) is 0 Å². The standard InChI is InChI=1S/C35H59NO/c1-6-7-8-9-10-11-12-13-14-15-16-17-18-19-20-21-22-23-24-25-27-33-32(31(2)3)28-26-29-34(33)35(4,5)36-30-37/h26,28-29H,2,6-25,27H2,1,3-5H3. The Morgan fingerprint density at radius 1 is 0.730 bits per heavy atom. The number of benzene rings is 1. The molecule has 210 valence electrons. The highest BCUT2D eigenvalue weighted by Crippen LogP contribution is 2.33. The molecule has 0 saturated heterocycles. The zero-order valence-electron chi connectivity index (χ0n) is 25.1. The topological polar surface area (TPSA) is 29.4 Å². The summed E-state index contributed by atoms with van der Waals surface area (Å²) in [6.07, 6.45) is 30.8. The molecular weight excluding hydrogens is 450 g/mol. The lowest BCUT2D eigenvalue weighted by molar-refractivity contribution is 0.515. The van der Waals surface area contributed by atoms with E-state index >= 15 is 0 Å².